The number of nitrogens with zero attached hydrogens (tertiary/aromatic N) is 1. The lowest BCUT2D eigenvalue weighted by molar-refractivity contribution is -0.385. The number of thiophene rings is 1. The molecule has 0 amide bonds. The van der Waals surface area contributed by atoms with Crippen LogP contribution < -0.4 is 0 Å². The molecule has 0 unspecified atom stereocenters. The second-order valence-corrected chi connectivity index (χ2v) is 3.66. The number of nitro groups is 1. The quantitative estimate of drug-likeness (QED) is 0.422. The van der Waals surface area contributed by atoms with Crippen molar-refractivity contribution in [3.05, 3.63) is 25.9 Å². The predicted octanol–water partition coefficient (Wildman–Crippen LogP) is 1.64. The molecular weight excluding hydrogens is 194 g/mol. The lowest BCUT2D eigenvalue weighted by Crippen LogP contribution is -1.87. The number of hydrogen-bond acceptors (Lipinski definition) is 5. The number of rotatable bonds is 4. The molecule has 6 heteroatoms. The van der Waals surface area contributed by atoms with Gasteiger partial charge in [-0.25, -0.2) is 0 Å². The molecule has 0 aliphatic heterocycles. The molecule has 13 heavy (non-hydrogen) atoms. The van der Waals surface area contributed by atoms with Crippen molar-refractivity contribution in [2.24, 2.45) is 0 Å². The fraction of sp³-hybridized carbons (Fsp3) is 0.286. The van der Waals surface area contributed by atoms with Gasteiger partial charge in [-0.15, -0.1) is 11.3 Å². The molecule has 1 rings (SSSR count). The van der Waals surface area contributed by atoms with E-state index in [4.69, 9.17) is 0 Å². The van der Waals surface area contributed by atoms with Gasteiger partial charge in [-0.2, -0.15) is 0 Å². The van der Waals surface area contributed by atoms with Crippen molar-refractivity contribution in [1.29, 1.82) is 0 Å². The van der Waals surface area contributed by atoms with Gasteiger partial charge in [-0.05, 0) is 6.92 Å². The Morgan fingerprint density at radius 2 is 2.46 bits per heavy atom. The Kier molecular flexibility index (Phi) is 2.97. The molecule has 1 aromatic heterocycles. The second-order valence-electron chi connectivity index (χ2n) is 2.32. The van der Waals surface area contributed by atoms with Gasteiger partial charge < -0.3 is 4.74 Å². The Hall–Kier alpha value is -1.43. The van der Waals surface area contributed by atoms with Gasteiger partial charge >= 0.3 is 0 Å². The van der Waals surface area contributed by atoms with Gasteiger partial charge in [-0.3, -0.25) is 14.9 Å². The SMILES string of the molecule is Cc1sc(COC=O)cc1[N+](=O)[O-]. The van der Waals surface area contributed by atoms with E-state index in [9.17, 15) is 14.9 Å². The highest BCUT2D eigenvalue weighted by Crippen LogP contribution is 2.28. The van der Waals surface area contributed by atoms with Crippen LogP contribution in [-0.2, 0) is 16.1 Å². The monoisotopic (exact) mass is 201 g/mol. The zero-order valence-corrected chi connectivity index (χ0v) is 7.67. The van der Waals surface area contributed by atoms with E-state index in [0.717, 1.165) is 0 Å². The van der Waals surface area contributed by atoms with Crippen molar-refractivity contribution in [3.63, 3.8) is 0 Å². The molecule has 0 fully saturated rings. The number of ether oxygens (including phenoxy) is 1. The van der Waals surface area contributed by atoms with Crippen LogP contribution in [0.4, 0.5) is 5.69 Å². The van der Waals surface area contributed by atoms with Crippen molar-refractivity contribution < 1.29 is 14.5 Å². The standard InChI is InChI=1S/C7H7NO4S/c1-5-7(8(10)11)2-6(13-5)3-12-4-9/h2,4H,3H2,1H3. The summed E-state index contributed by atoms with van der Waals surface area (Å²) in [4.78, 5) is 21.1. The van der Waals surface area contributed by atoms with Crippen LogP contribution in [0.15, 0.2) is 6.07 Å². The van der Waals surface area contributed by atoms with Crippen molar-refractivity contribution in [2.45, 2.75) is 13.5 Å². The van der Waals surface area contributed by atoms with E-state index in [2.05, 4.69) is 4.74 Å². The van der Waals surface area contributed by atoms with Crippen LogP contribution in [-0.4, -0.2) is 11.4 Å². The zero-order valence-electron chi connectivity index (χ0n) is 6.85. The van der Waals surface area contributed by atoms with Gasteiger partial charge in [0.2, 0.25) is 0 Å². The molecule has 5 nitrogen and oxygen atoms in total. The second kappa shape index (κ2) is 3.99. The number of carbonyl (C=O) groups excluding carboxylic acids is 1. The molecule has 0 aliphatic rings. The smallest absolute Gasteiger partial charge is 0.293 e. The molecule has 1 heterocycles. The highest BCUT2D eigenvalue weighted by Gasteiger charge is 2.14. The van der Waals surface area contributed by atoms with Crippen LogP contribution in [0.1, 0.15) is 9.75 Å². The highest BCUT2D eigenvalue weighted by molar-refractivity contribution is 7.12. The molecule has 0 spiro atoms. The minimum absolute atomic E-state index is 0.0782. The van der Waals surface area contributed by atoms with Crippen molar-refractivity contribution >= 4 is 23.5 Å². The Bertz CT molecular complexity index is 333. The normalized spacial score (nSPS) is 9.62. The fourth-order valence-corrected chi connectivity index (χ4v) is 1.83. The molecule has 0 atom stereocenters. The third-order valence-electron chi connectivity index (χ3n) is 1.43. The third kappa shape index (κ3) is 2.25. The van der Waals surface area contributed by atoms with E-state index in [0.29, 0.717) is 16.2 Å². The van der Waals surface area contributed by atoms with E-state index < -0.39 is 4.92 Å². The summed E-state index contributed by atoms with van der Waals surface area (Å²) in [6.07, 6.45) is 0. The van der Waals surface area contributed by atoms with Gasteiger partial charge in [0.1, 0.15) is 6.61 Å². The molecule has 0 radical (unpaired) electrons. The Labute approximate surface area is 78.1 Å². The summed E-state index contributed by atoms with van der Waals surface area (Å²) in [6, 6.07) is 1.42. The van der Waals surface area contributed by atoms with Crippen LogP contribution >= 0.6 is 11.3 Å². The van der Waals surface area contributed by atoms with Crippen LogP contribution in [0.5, 0.6) is 0 Å². The highest BCUT2D eigenvalue weighted by atomic mass is 32.1. The molecule has 1 aromatic rings. The summed E-state index contributed by atoms with van der Waals surface area (Å²) in [5.41, 5.74) is 0.0782. The van der Waals surface area contributed by atoms with Gasteiger partial charge in [0, 0.05) is 10.9 Å². The summed E-state index contributed by atoms with van der Waals surface area (Å²) in [6.45, 7) is 2.08. The van der Waals surface area contributed by atoms with Crippen molar-refractivity contribution in [3.8, 4) is 0 Å². The lowest BCUT2D eigenvalue weighted by atomic mass is 10.4. The zero-order chi connectivity index (χ0) is 9.84. The van der Waals surface area contributed by atoms with Crippen LogP contribution in [0.2, 0.25) is 0 Å². The predicted molar refractivity (Wildman–Crippen MR) is 46.6 cm³/mol. The maximum absolute atomic E-state index is 10.4. The molecule has 0 N–H and O–H groups in total. The van der Waals surface area contributed by atoms with Gasteiger partial charge in [0.15, 0.2) is 0 Å². The molecule has 0 saturated heterocycles. The van der Waals surface area contributed by atoms with Crippen LogP contribution in [0.25, 0.3) is 0 Å². The van der Waals surface area contributed by atoms with Gasteiger partial charge in [0.25, 0.3) is 12.2 Å². The Balaban J connectivity index is 2.82. The number of carbonyl (C=O) groups is 1. The van der Waals surface area contributed by atoms with Gasteiger partial charge in [-0.1, -0.05) is 0 Å². The molecular formula is C7H7NO4S. The molecule has 0 saturated carbocycles. The molecule has 0 aliphatic carbocycles. The first kappa shape index (κ1) is 9.66. The topological polar surface area (TPSA) is 69.4 Å². The lowest BCUT2D eigenvalue weighted by Gasteiger charge is -1.90. The summed E-state index contributed by atoms with van der Waals surface area (Å²) < 4.78 is 4.47. The Morgan fingerprint density at radius 1 is 1.77 bits per heavy atom. The summed E-state index contributed by atoms with van der Waals surface area (Å²) in [5, 5.41) is 10.4. The average molecular weight is 201 g/mol. The number of hydrogen-bond donors (Lipinski definition) is 0. The Morgan fingerprint density at radius 3 is 2.92 bits per heavy atom. The molecule has 0 bridgehead atoms. The minimum atomic E-state index is -0.448. The summed E-state index contributed by atoms with van der Waals surface area (Å²) >= 11 is 1.26. The van der Waals surface area contributed by atoms with E-state index in [1.807, 2.05) is 0 Å². The minimum Gasteiger partial charge on any atom is -0.462 e. The summed E-state index contributed by atoms with van der Waals surface area (Å²) in [7, 11) is 0. The van der Waals surface area contributed by atoms with Crippen molar-refractivity contribution in [1.82, 2.24) is 0 Å². The van der Waals surface area contributed by atoms with Crippen molar-refractivity contribution in [2.75, 3.05) is 0 Å². The molecule has 70 valence electrons. The third-order valence-corrected chi connectivity index (χ3v) is 2.45. The van der Waals surface area contributed by atoms with E-state index in [-0.39, 0.29) is 12.3 Å². The maximum Gasteiger partial charge on any atom is 0.293 e. The van der Waals surface area contributed by atoms with E-state index in [1.54, 1.807) is 6.92 Å². The fourth-order valence-electron chi connectivity index (χ4n) is 0.901. The van der Waals surface area contributed by atoms with Gasteiger partial charge in [0.05, 0.1) is 9.80 Å². The van der Waals surface area contributed by atoms with E-state index >= 15 is 0 Å². The average Bonchev–Trinajstić information content (AvgIpc) is 2.43. The van der Waals surface area contributed by atoms with Crippen LogP contribution in [0.3, 0.4) is 0 Å². The number of aryl methyl sites for hydroxylation is 1. The largest absolute Gasteiger partial charge is 0.462 e. The summed E-state index contributed by atoms with van der Waals surface area (Å²) in [5.74, 6) is 0. The first-order valence-corrected chi connectivity index (χ1v) is 4.25. The maximum atomic E-state index is 10.4. The first-order valence-electron chi connectivity index (χ1n) is 3.44. The van der Waals surface area contributed by atoms with Crippen LogP contribution in [0, 0.1) is 17.0 Å². The first-order chi connectivity index (χ1) is 6.15. The molecule has 0 aromatic carbocycles. The van der Waals surface area contributed by atoms with E-state index in [1.165, 1.54) is 17.4 Å².